The van der Waals surface area contributed by atoms with Crippen molar-refractivity contribution < 1.29 is 9.47 Å². The van der Waals surface area contributed by atoms with Crippen molar-refractivity contribution in [1.82, 2.24) is 9.55 Å². The van der Waals surface area contributed by atoms with Gasteiger partial charge in [0.2, 0.25) is 0 Å². The summed E-state index contributed by atoms with van der Waals surface area (Å²) in [6, 6.07) is 12.0. The molecule has 1 aliphatic rings. The fourth-order valence-corrected chi connectivity index (χ4v) is 4.07. The van der Waals surface area contributed by atoms with Gasteiger partial charge in [-0.1, -0.05) is 18.2 Å². The highest BCUT2D eigenvalue weighted by atomic mass is 16.5. The van der Waals surface area contributed by atoms with Crippen molar-refractivity contribution in [3.05, 3.63) is 63.6 Å². The van der Waals surface area contributed by atoms with Gasteiger partial charge in [-0.3, -0.25) is 4.57 Å². The second-order valence-corrected chi connectivity index (χ2v) is 7.49. The van der Waals surface area contributed by atoms with E-state index in [2.05, 4.69) is 10.3 Å². The second kappa shape index (κ2) is 7.28. The molecule has 0 aliphatic carbocycles. The van der Waals surface area contributed by atoms with Gasteiger partial charge in [0.05, 0.1) is 19.9 Å². The van der Waals surface area contributed by atoms with E-state index in [4.69, 9.17) is 9.47 Å². The summed E-state index contributed by atoms with van der Waals surface area (Å²) >= 11 is 0. The molecular weight excluding hydrogens is 366 g/mol. The van der Waals surface area contributed by atoms with Crippen molar-refractivity contribution in [3.8, 4) is 22.8 Å². The minimum absolute atomic E-state index is 0.00449. The molecule has 0 saturated carbocycles. The Bertz CT molecular complexity index is 1130. The Morgan fingerprint density at radius 3 is 2.38 bits per heavy atom. The predicted octanol–water partition coefficient (Wildman–Crippen LogP) is 4.41. The van der Waals surface area contributed by atoms with E-state index in [9.17, 15) is 4.79 Å². The van der Waals surface area contributed by atoms with Gasteiger partial charge in [-0.2, -0.15) is 4.98 Å². The third kappa shape index (κ3) is 3.24. The number of nitrogens with zero attached hydrogens (tertiary/aromatic N) is 2. The van der Waals surface area contributed by atoms with Gasteiger partial charge in [0, 0.05) is 23.4 Å². The first-order valence-corrected chi connectivity index (χ1v) is 9.65. The van der Waals surface area contributed by atoms with Gasteiger partial charge < -0.3 is 14.8 Å². The molecule has 1 N–H and O–H groups in total. The van der Waals surface area contributed by atoms with Crippen LogP contribution in [0.4, 0.5) is 11.5 Å². The van der Waals surface area contributed by atoms with Gasteiger partial charge >= 0.3 is 5.69 Å². The Labute approximate surface area is 170 Å². The largest absolute Gasteiger partial charge is 0.493 e. The van der Waals surface area contributed by atoms with E-state index in [1.165, 1.54) is 0 Å². The number of hydrogen-bond donors (Lipinski definition) is 1. The van der Waals surface area contributed by atoms with Gasteiger partial charge in [0.1, 0.15) is 5.82 Å². The van der Waals surface area contributed by atoms with E-state index in [1.54, 1.807) is 18.8 Å². The summed E-state index contributed by atoms with van der Waals surface area (Å²) in [5.41, 5.74) is 5.83. The van der Waals surface area contributed by atoms with Crippen LogP contribution < -0.4 is 20.5 Å². The minimum Gasteiger partial charge on any atom is -0.493 e. The van der Waals surface area contributed by atoms with E-state index >= 15 is 0 Å². The lowest BCUT2D eigenvalue weighted by Crippen LogP contribution is -2.31. The molecule has 0 radical (unpaired) electrons. The lowest BCUT2D eigenvalue weighted by molar-refractivity contribution is 0.354. The summed E-state index contributed by atoms with van der Waals surface area (Å²) in [7, 11) is 3.24. The summed E-state index contributed by atoms with van der Waals surface area (Å²) in [4.78, 5) is 17.2. The van der Waals surface area contributed by atoms with Crippen LogP contribution in [0, 0.1) is 13.8 Å². The molecule has 150 valence electrons. The number of methoxy groups -OCH3 is 2. The maximum atomic E-state index is 12.9. The molecule has 6 heteroatoms. The Morgan fingerprint density at radius 1 is 1.07 bits per heavy atom. The average Bonchev–Trinajstić information content (AvgIpc) is 2.69. The fourth-order valence-electron chi connectivity index (χ4n) is 4.07. The first-order valence-electron chi connectivity index (χ1n) is 9.65. The quantitative estimate of drug-likeness (QED) is 0.714. The summed E-state index contributed by atoms with van der Waals surface area (Å²) in [6.07, 6.45) is 0.730. The van der Waals surface area contributed by atoms with E-state index in [-0.39, 0.29) is 11.7 Å². The van der Waals surface area contributed by atoms with Crippen LogP contribution in [0.25, 0.3) is 11.3 Å². The number of ether oxygens (including phenoxy) is 2. The maximum absolute atomic E-state index is 12.9. The molecule has 2 aromatic carbocycles. The lowest BCUT2D eigenvalue weighted by Gasteiger charge is -2.28. The Hall–Kier alpha value is -3.28. The van der Waals surface area contributed by atoms with Gasteiger partial charge in [-0.15, -0.1) is 0 Å². The molecule has 0 fully saturated rings. The van der Waals surface area contributed by atoms with Crippen LogP contribution in [-0.2, 0) is 6.42 Å². The van der Waals surface area contributed by atoms with Gasteiger partial charge in [0.15, 0.2) is 11.5 Å². The summed E-state index contributed by atoms with van der Waals surface area (Å²) in [5, 5.41) is 3.35. The van der Waals surface area contributed by atoms with E-state index in [0.717, 1.165) is 40.1 Å². The zero-order valence-corrected chi connectivity index (χ0v) is 17.4. The molecular formula is C23H25N3O3. The topological polar surface area (TPSA) is 65.4 Å². The van der Waals surface area contributed by atoms with Crippen molar-refractivity contribution in [2.24, 2.45) is 0 Å². The Morgan fingerprint density at radius 2 is 1.72 bits per heavy atom. The summed E-state index contributed by atoms with van der Waals surface area (Å²) < 4.78 is 12.7. The van der Waals surface area contributed by atoms with Crippen LogP contribution in [0.5, 0.6) is 11.5 Å². The van der Waals surface area contributed by atoms with Crippen LogP contribution in [0.2, 0.25) is 0 Å². The molecule has 1 atom stereocenters. The molecule has 0 unspecified atom stereocenters. The van der Waals surface area contributed by atoms with Gasteiger partial charge in [-0.05, 0) is 56.0 Å². The number of aromatic nitrogens is 2. The summed E-state index contributed by atoms with van der Waals surface area (Å²) in [5.74, 6) is 1.87. The van der Waals surface area contributed by atoms with Crippen LogP contribution in [0.15, 0.2) is 41.2 Å². The van der Waals surface area contributed by atoms with Crippen LogP contribution >= 0.6 is 0 Å². The highest BCUT2D eigenvalue weighted by Crippen LogP contribution is 2.41. The lowest BCUT2D eigenvalue weighted by atomic mass is 9.93. The zero-order valence-electron chi connectivity index (χ0n) is 17.4. The molecule has 0 spiro atoms. The van der Waals surface area contributed by atoms with Crippen molar-refractivity contribution in [2.45, 2.75) is 33.2 Å². The first-order chi connectivity index (χ1) is 13.9. The van der Waals surface area contributed by atoms with Crippen molar-refractivity contribution in [2.75, 3.05) is 19.5 Å². The van der Waals surface area contributed by atoms with E-state index in [0.29, 0.717) is 17.3 Å². The molecule has 29 heavy (non-hydrogen) atoms. The minimum atomic E-state index is -0.260. The molecule has 2 heterocycles. The van der Waals surface area contributed by atoms with Crippen LogP contribution in [0.3, 0.4) is 0 Å². The zero-order chi connectivity index (χ0) is 20.7. The van der Waals surface area contributed by atoms with Crippen LogP contribution in [0.1, 0.15) is 29.7 Å². The Balaban J connectivity index is 1.88. The number of rotatable bonds is 4. The monoisotopic (exact) mass is 391 g/mol. The van der Waals surface area contributed by atoms with Crippen molar-refractivity contribution in [1.29, 1.82) is 0 Å². The number of fused-ring (bicyclic) bond motifs is 3. The van der Waals surface area contributed by atoms with Crippen molar-refractivity contribution in [3.63, 3.8) is 0 Å². The second-order valence-electron chi connectivity index (χ2n) is 7.49. The van der Waals surface area contributed by atoms with Gasteiger partial charge in [0.25, 0.3) is 0 Å². The molecule has 3 aromatic rings. The third-order valence-electron chi connectivity index (χ3n) is 5.53. The number of para-hydroxylation sites is 1. The molecule has 1 aromatic heterocycles. The average molecular weight is 391 g/mol. The third-order valence-corrected chi connectivity index (χ3v) is 5.53. The fraction of sp³-hybridized carbons (Fsp3) is 0.304. The normalized spacial score (nSPS) is 14.7. The molecule has 0 amide bonds. The molecule has 6 nitrogen and oxygen atoms in total. The maximum Gasteiger partial charge on any atom is 0.350 e. The van der Waals surface area contributed by atoms with E-state index in [1.807, 2.05) is 57.2 Å². The van der Waals surface area contributed by atoms with Crippen molar-refractivity contribution >= 4 is 11.5 Å². The molecule has 0 bridgehead atoms. The van der Waals surface area contributed by atoms with Gasteiger partial charge in [-0.25, -0.2) is 4.79 Å². The van der Waals surface area contributed by atoms with E-state index < -0.39 is 0 Å². The number of aryl methyl sites for hydroxylation is 2. The number of anilines is 2. The number of nitrogens with one attached hydrogen (secondary N) is 1. The SMILES string of the molecule is COc1cc2c(cc1OC)-c1cc(Nc3c(C)cccc3C)nc(=O)n1[C@@H](C)C2. The standard InChI is InChI=1S/C23H25N3O3/c1-13-7-6-8-14(2)22(13)24-21-12-18-17-11-20(29-5)19(28-4)10-16(17)9-15(3)26(18)23(27)25-21/h6-8,10-12,15H,9H2,1-5H3,(H,24,25,27)/t15-/m0/s1. The predicted molar refractivity (Wildman–Crippen MR) is 115 cm³/mol. The highest BCUT2D eigenvalue weighted by Gasteiger charge is 2.26. The molecule has 4 rings (SSSR count). The first kappa shape index (κ1) is 19.1. The van der Waals surface area contributed by atoms with Crippen LogP contribution in [-0.4, -0.2) is 23.8 Å². The highest BCUT2D eigenvalue weighted by molar-refractivity contribution is 5.74. The molecule has 1 aliphatic heterocycles. The smallest absolute Gasteiger partial charge is 0.350 e. The number of benzene rings is 2. The molecule has 0 saturated heterocycles. The Kier molecular flexibility index (Phi) is 4.78. The number of hydrogen-bond acceptors (Lipinski definition) is 5. The summed E-state index contributed by atoms with van der Waals surface area (Å²) in [6.45, 7) is 6.11.